The molecule has 168 valence electrons. The van der Waals surface area contributed by atoms with Gasteiger partial charge in [-0.25, -0.2) is 0 Å². The fraction of sp³-hybridized carbons (Fsp3) is 0.280. The fourth-order valence-electron chi connectivity index (χ4n) is 4.66. The first-order chi connectivity index (χ1) is 15.7. The third kappa shape index (κ3) is 3.82. The molecule has 4 rings (SSSR count). The van der Waals surface area contributed by atoms with Gasteiger partial charge in [-0.05, 0) is 41.7 Å². The van der Waals surface area contributed by atoms with Crippen LogP contribution in [0, 0.1) is 26.9 Å². The summed E-state index contributed by atoms with van der Waals surface area (Å²) in [7, 11) is 1.58. The van der Waals surface area contributed by atoms with Gasteiger partial charge in [0.15, 0.2) is 5.78 Å². The Bertz CT molecular complexity index is 1230. The van der Waals surface area contributed by atoms with Gasteiger partial charge in [-0.15, -0.1) is 0 Å². The molecule has 1 aliphatic carbocycles. The number of carbonyl (C=O) groups is 1. The van der Waals surface area contributed by atoms with Crippen molar-refractivity contribution in [2.24, 2.45) is 11.1 Å². The first-order valence-electron chi connectivity index (χ1n) is 10.5. The van der Waals surface area contributed by atoms with Gasteiger partial charge in [0, 0.05) is 35.5 Å². The van der Waals surface area contributed by atoms with Gasteiger partial charge in [0.25, 0.3) is 5.69 Å². The number of allylic oxidation sites excluding steroid dienone is 3. The summed E-state index contributed by atoms with van der Waals surface area (Å²) < 4.78 is 5.26. The van der Waals surface area contributed by atoms with E-state index in [0.717, 1.165) is 11.4 Å². The Balaban J connectivity index is 1.94. The molecule has 0 spiro atoms. The molecule has 1 atom stereocenters. The number of Topliss-reactive ketones (excluding diaryl/α,β-unsaturated/α-hetero) is 1. The lowest BCUT2D eigenvalue weighted by Gasteiger charge is -2.43. The van der Waals surface area contributed by atoms with Gasteiger partial charge in [0.2, 0.25) is 0 Å². The van der Waals surface area contributed by atoms with E-state index in [2.05, 4.69) is 6.07 Å². The van der Waals surface area contributed by atoms with Crippen molar-refractivity contribution in [3.8, 4) is 11.8 Å². The molecule has 1 aliphatic heterocycles. The summed E-state index contributed by atoms with van der Waals surface area (Å²) in [6, 6.07) is 15.4. The average Bonchev–Trinajstić information content (AvgIpc) is 2.78. The van der Waals surface area contributed by atoms with Crippen LogP contribution in [0.4, 0.5) is 11.4 Å². The quantitative estimate of drug-likeness (QED) is 0.542. The number of nitro benzene ring substituents is 1. The highest BCUT2D eigenvalue weighted by Gasteiger charge is 2.44. The van der Waals surface area contributed by atoms with Gasteiger partial charge in [0.1, 0.15) is 11.6 Å². The number of hydrogen-bond donors (Lipinski definition) is 1. The number of rotatable bonds is 4. The van der Waals surface area contributed by atoms with Crippen molar-refractivity contribution in [2.45, 2.75) is 32.6 Å². The smallest absolute Gasteiger partial charge is 0.269 e. The van der Waals surface area contributed by atoms with Gasteiger partial charge < -0.3 is 10.5 Å². The Labute approximate surface area is 191 Å². The highest BCUT2D eigenvalue weighted by Crippen LogP contribution is 2.50. The fourth-order valence-corrected chi connectivity index (χ4v) is 4.66. The predicted molar refractivity (Wildman–Crippen MR) is 123 cm³/mol. The molecule has 1 unspecified atom stereocenters. The van der Waals surface area contributed by atoms with E-state index in [0.29, 0.717) is 29.7 Å². The lowest BCUT2D eigenvalue weighted by Crippen LogP contribution is -2.42. The van der Waals surface area contributed by atoms with Gasteiger partial charge >= 0.3 is 0 Å². The van der Waals surface area contributed by atoms with Crippen molar-refractivity contribution in [2.75, 3.05) is 12.0 Å². The number of hydrogen-bond acceptors (Lipinski definition) is 7. The maximum Gasteiger partial charge on any atom is 0.269 e. The summed E-state index contributed by atoms with van der Waals surface area (Å²) in [4.78, 5) is 25.9. The molecule has 2 aliphatic rings. The second-order valence-electron chi connectivity index (χ2n) is 9.03. The largest absolute Gasteiger partial charge is 0.497 e. The first kappa shape index (κ1) is 22.1. The van der Waals surface area contributed by atoms with Crippen molar-refractivity contribution in [3.05, 3.63) is 86.9 Å². The van der Waals surface area contributed by atoms with Crippen LogP contribution in [-0.2, 0) is 4.79 Å². The van der Waals surface area contributed by atoms with Crippen LogP contribution >= 0.6 is 0 Å². The molecule has 8 heteroatoms. The molecule has 0 saturated heterocycles. The normalized spacial score (nSPS) is 19.8. The van der Waals surface area contributed by atoms with Gasteiger partial charge in [-0.1, -0.05) is 26.0 Å². The van der Waals surface area contributed by atoms with Gasteiger partial charge in [-0.2, -0.15) is 5.26 Å². The summed E-state index contributed by atoms with van der Waals surface area (Å²) in [6.07, 6.45) is 0.924. The number of benzene rings is 2. The zero-order chi connectivity index (χ0) is 23.9. The number of nitrogens with two attached hydrogens (primary N) is 1. The van der Waals surface area contributed by atoms with Crippen LogP contribution in [-0.4, -0.2) is 17.8 Å². The standard InChI is InChI=1S/C25H24N4O4/c1-25(2)12-20-23(21(30)13-25)22(15-4-6-17(7-5-15)29(31)32)19(14-26)24(27)28(20)16-8-10-18(33-3)11-9-16/h4-11,22H,12-13,27H2,1-3H3. The number of nitrogens with zero attached hydrogens (tertiary/aromatic N) is 3. The Hall–Kier alpha value is -4.12. The summed E-state index contributed by atoms with van der Waals surface area (Å²) in [5.41, 5.74) is 9.09. The maximum absolute atomic E-state index is 13.5. The monoisotopic (exact) mass is 444 g/mol. The number of ketones is 1. The molecular formula is C25H24N4O4. The topological polar surface area (TPSA) is 122 Å². The minimum atomic E-state index is -0.677. The van der Waals surface area contributed by atoms with Crippen molar-refractivity contribution in [1.82, 2.24) is 0 Å². The van der Waals surface area contributed by atoms with Crippen LogP contribution in [0.1, 0.15) is 38.2 Å². The van der Waals surface area contributed by atoms with Crippen LogP contribution < -0.4 is 15.4 Å². The lowest BCUT2D eigenvalue weighted by molar-refractivity contribution is -0.384. The summed E-state index contributed by atoms with van der Waals surface area (Å²) in [6.45, 7) is 4.06. The predicted octanol–water partition coefficient (Wildman–Crippen LogP) is 4.54. The van der Waals surface area contributed by atoms with Crippen molar-refractivity contribution in [1.29, 1.82) is 5.26 Å². The minimum Gasteiger partial charge on any atom is -0.497 e. The maximum atomic E-state index is 13.5. The highest BCUT2D eigenvalue weighted by molar-refractivity contribution is 6.01. The van der Waals surface area contributed by atoms with Gasteiger partial charge in [-0.3, -0.25) is 19.8 Å². The van der Waals surface area contributed by atoms with Crippen LogP contribution in [0.2, 0.25) is 0 Å². The summed E-state index contributed by atoms with van der Waals surface area (Å²) in [5.74, 6) is 0.194. The van der Waals surface area contributed by atoms with E-state index in [1.807, 2.05) is 26.0 Å². The van der Waals surface area contributed by atoms with E-state index in [4.69, 9.17) is 10.5 Å². The van der Waals surface area contributed by atoms with E-state index >= 15 is 0 Å². The molecule has 2 aromatic rings. The molecule has 0 radical (unpaired) electrons. The minimum absolute atomic E-state index is 0.0524. The van der Waals surface area contributed by atoms with Crippen molar-refractivity contribution in [3.63, 3.8) is 0 Å². The third-order valence-corrected chi connectivity index (χ3v) is 6.15. The first-order valence-corrected chi connectivity index (χ1v) is 10.5. The SMILES string of the molecule is COc1ccc(N2C(N)=C(C#N)C(c3ccc([N+](=O)[O-])cc3)C3=C2CC(C)(C)CC3=O)cc1. The Morgan fingerprint density at radius 1 is 1.15 bits per heavy atom. The van der Waals surface area contributed by atoms with Crippen LogP contribution in [0.15, 0.2) is 71.2 Å². The number of nitriles is 1. The van der Waals surface area contributed by atoms with Crippen LogP contribution in [0.25, 0.3) is 0 Å². The van der Waals surface area contributed by atoms with Crippen LogP contribution in [0.5, 0.6) is 5.75 Å². The molecule has 0 fully saturated rings. The van der Waals surface area contributed by atoms with Crippen molar-refractivity contribution < 1.29 is 14.5 Å². The summed E-state index contributed by atoms with van der Waals surface area (Å²) >= 11 is 0. The summed E-state index contributed by atoms with van der Waals surface area (Å²) in [5, 5.41) is 21.2. The average molecular weight is 444 g/mol. The van der Waals surface area contributed by atoms with E-state index in [1.54, 1.807) is 36.3 Å². The van der Waals surface area contributed by atoms with Crippen molar-refractivity contribution >= 4 is 17.2 Å². The molecule has 0 aromatic heterocycles. The number of nitro groups is 1. The number of non-ortho nitro benzene ring substituents is 1. The Kier molecular flexibility index (Phi) is 5.42. The molecule has 2 aromatic carbocycles. The second kappa shape index (κ2) is 8.10. The molecule has 0 saturated carbocycles. The molecule has 1 heterocycles. The zero-order valence-electron chi connectivity index (χ0n) is 18.7. The molecule has 33 heavy (non-hydrogen) atoms. The lowest BCUT2D eigenvalue weighted by atomic mass is 9.68. The molecule has 8 nitrogen and oxygen atoms in total. The molecular weight excluding hydrogens is 420 g/mol. The third-order valence-electron chi connectivity index (χ3n) is 6.15. The Morgan fingerprint density at radius 2 is 1.79 bits per heavy atom. The number of ether oxygens (including phenoxy) is 1. The molecule has 2 N–H and O–H groups in total. The zero-order valence-corrected chi connectivity index (χ0v) is 18.7. The molecule has 0 amide bonds. The van der Waals surface area contributed by atoms with Gasteiger partial charge in [0.05, 0.1) is 29.6 Å². The number of carbonyl (C=O) groups excluding carboxylic acids is 1. The molecule has 0 bridgehead atoms. The van der Waals surface area contributed by atoms with E-state index < -0.39 is 10.8 Å². The van der Waals surface area contributed by atoms with Crippen LogP contribution in [0.3, 0.4) is 0 Å². The van der Waals surface area contributed by atoms with E-state index in [9.17, 15) is 20.2 Å². The Morgan fingerprint density at radius 3 is 2.33 bits per heavy atom. The van der Waals surface area contributed by atoms with E-state index in [-0.39, 0.29) is 28.3 Å². The number of anilines is 1. The van der Waals surface area contributed by atoms with E-state index in [1.165, 1.54) is 12.1 Å². The number of methoxy groups -OCH3 is 1. The highest BCUT2D eigenvalue weighted by atomic mass is 16.6. The second-order valence-corrected chi connectivity index (χ2v) is 9.03.